The zero-order chi connectivity index (χ0) is 13.0. The molecule has 0 aliphatic carbocycles. The topological polar surface area (TPSA) is 68.0 Å². The Morgan fingerprint density at radius 3 is 2.61 bits per heavy atom. The minimum absolute atomic E-state index is 0.244. The highest BCUT2D eigenvalue weighted by molar-refractivity contribution is 7.80. The molecule has 90 valence electrons. The second kappa shape index (κ2) is 5.37. The fourth-order valence-corrected chi connectivity index (χ4v) is 1.57. The number of aromatic nitrogens is 1. The van der Waals surface area contributed by atoms with Crippen molar-refractivity contribution in [2.24, 2.45) is 5.73 Å². The van der Waals surface area contributed by atoms with Gasteiger partial charge in [0.25, 0.3) is 5.91 Å². The van der Waals surface area contributed by atoms with E-state index in [-0.39, 0.29) is 10.9 Å². The third kappa shape index (κ3) is 2.89. The lowest BCUT2D eigenvalue weighted by Crippen LogP contribution is -2.15. The van der Waals surface area contributed by atoms with Crippen molar-refractivity contribution in [1.82, 2.24) is 4.98 Å². The second-order valence-electron chi connectivity index (χ2n) is 3.61. The zero-order valence-corrected chi connectivity index (χ0v) is 10.3. The van der Waals surface area contributed by atoms with Crippen molar-refractivity contribution in [2.45, 2.75) is 0 Å². The summed E-state index contributed by atoms with van der Waals surface area (Å²) in [5, 5.41) is 2.69. The molecule has 0 radical (unpaired) electrons. The van der Waals surface area contributed by atoms with E-state index in [4.69, 9.17) is 18.0 Å². The lowest BCUT2D eigenvalue weighted by Gasteiger charge is -2.05. The van der Waals surface area contributed by atoms with E-state index in [2.05, 4.69) is 10.3 Å². The Hall–Kier alpha value is -2.27. The molecule has 3 N–H and O–H groups in total. The Bertz CT molecular complexity index is 584. The fourth-order valence-electron chi connectivity index (χ4n) is 1.44. The highest BCUT2D eigenvalue weighted by atomic mass is 32.1. The van der Waals surface area contributed by atoms with Crippen LogP contribution in [0.4, 0.5) is 5.82 Å². The van der Waals surface area contributed by atoms with Crippen molar-refractivity contribution in [3.63, 3.8) is 0 Å². The summed E-state index contributed by atoms with van der Waals surface area (Å²) in [5.74, 6) is 0.259. The zero-order valence-electron chi connectivity index (χ0n) is 9.46. The summed E-state index contributed by atoms with van der Waals surface area (Å²) >= 11 is 4.87. The molecule has 0 unspecified atom stereocenters. The van der Waals surface area contributed by atoms with Crippen LogP contribution in [0.15, 0.2) is 48.7 Å². The average Bonchev–Trinajstić information content (AvgIpc) is 2.40. The van der Waals surface area contributed by atoms with Crippen molar-refractivity contribution in [3.05, 3.63) is 59.8 Å². The molecule has 5 heteroatoms. The first kappa shape index (κ1) is 12.2. The summed E-state index contributed by atoms with van der Waals surface area (Å²) < 4.78 is 0. The molecule has 0 atom stereocenters. The van der Waals surface area contributed by atoms with Gasteiger partial charge in [-0.3, -0.25) is 4.79 Å². The van der Waals surface area contributed by atoms with Crippen molar-refractivity contribution in [1.29, 1.82) is 0 Å². The van der Waals surface area contributed by atoms with E-state index in [0.717, 1.165) is 0 Å². The molecule has 1 heterocycles. The highest BCUT2D eigenvalue weighted by Gasteiger charge is 2.07. The average molecular weight is 257 g/mol. The first-order valence-electron chi connectivity index (χ1n) is 5.29. The number of amides is 1. The number of pyridine rings is 1. The molecule has 0 saturated carbocycles. The molecular formula is C13H11N3OS. The lowest BCUT2D eigenvalue weighted by atomic mass is 10.1. The number of nitrogens with zero attached hydrogens (tertiary/aromatic N) is 1. The minimum Gasteiger partial charge on any atom is -0.389 e. The third-order valence-corrected chi connectivity index (χ3v) is 2.55. The van der Waals surface area contributed by atoms with Gasteiger partial charge >= 0.3 is 0 Å². The second-order valence-corrected chi connectivity index (χ2v) is 4.05. The van der Waals surface area contributed by atoms with Crippen LogP contribution >= 0.6 is 12.2 Å². The lowest BCUT2D eigenvalue weighted by molar-refractivity contribution is 0.102. The molecular weight excluding hydrogens is 246 g/mol. The van der Waals surface area contributed by atoms with Crippen molar-refractivity contribution >= 4 is 28.9 Å². The van der Waals surface area contributed by atoms with Crippen molar-refractivity contribution in [2.75, 3.05) is 5.32 Å². The largest absolute Gasteiger partial charge is 0.389 e. The van der Waals surface area contributed by atoms with Gasteiger partial charge in [-0.15, -0.1) is 0 Å². The Labute approximate surface area is 110 Å². The maximum absolute atomic E-state index is 12.0. The van der Waals surface area contributed by atoms with Crippen LogP contribution in [-0.4, -0.2) is 15.9 Å². The number of nitrogens with two attached hydrogens (primary N) is 1. The molecule has 1 amide bonds. The third-order valence-electron chi connectivity index (χ3n) is 2.32. The van der Waals surface area contributed by atoms with Crippen LogP contribution < -0.4 is 11.1 Å². The maximum atomic E-state index is 12.0. The number of hydrogen-bond donors (Lipinski definition) is 2. The Morgan fingerprint density at radius 2 is 1.94 bits per heavy atom. The molecule has 2 aromatic rings. The van der Waals surface area contributed by atoms with Gasteiger partial charge in [0.1, 0.15) is 10.8 Å². The molecule has 0 spiro atoms. The predicted octanol–water partition coefficient (Wildman–Crippen LogP) is 1.97. The van der Waals surface area contributed by atoms with E-state index in [1.807, 2.05) is 0 Å². The van der Waals surface area contributed by atoms with Gasteiger partial charge in [0, 0.05) is 17.3 Å². The fraction of sp³-hybridized carbons (Fsp3) is 0. The normalized spacial score (nSPS) is 9.78. The summed E-state index contributed by atoms with van der Waals surface area (Å²) in [6, 6.07) is 12.1. The van der Waals surface area contributed by atoms with Gasteiger partial charge in [0.2, 0.25) is 0 Å². The van der Waals surface area contributed by atoms with Gasteiger partial charge in [0.05, 0.1) is 0 Å². The molecule has 18 heavy (non-hydrogen) atoms. The van der Waals surface area contributed by atoms with E-state index in [1.54, 1.807) is 48.7 Å². The smallest absolute Gasteiger partial charge is 0.256 e. The summed E-state index contributed by atoms with van der Waals surface area (Å²) in [5.41, 5.74) is 6.68. The predicted molar refractivity (Wildman–Crippen MR) is 74.5 cm³/mol. The molecule has 0 aliphatic heterocycles. The number of carbonyl (C=O) groups excluding carboxylic acids is 1. The van der Waals surface area contributed by atoms with Crippen LogP contribution in [0.2, 0.25) is 0 Å². The molecule has 1 aromatic heterocycles. The first-order chi connectivity index (χ1) is 8.66. The number of hydrogen-bond acceptors (Lipinski definition) is 3. The summed E-state index contributed by atoms with van der Waals surface area (Å²) in [6.45, 7) is 0. The van der Waals surface area contributed by atoms with E-state index >= 15 is 0 Å². The monoisotopic (exact) mass is 257 g/mol. The number of benzene rings is 1. The quantitative estimate of drug-likeness (QED) is 0.825. The van der Waals surface area contributed by atoms with Gasteiger partial charge in [-0.25, -0.2) is 4.98 Å². The van der Waals surface area contributed by atoms with Crippen LogP contribution in [0.1, 0.15) is 15.9 Å². The summed E-state index contributed by atoms with van der Waals surface area (Å²) in [6.07, 6.45) is 1.61. The van der Waals surface area contributed by atoms with E-state index in [1.165, 1.54) is 0 Å². The molecule has 0 fully saturated rings. The number of rotatable bonds is 3. The Balaban J connectivity index is 2.19. The standard InChI is InChI=1S/C13H11N3OS/c14-12(18)9-4-3-5-10(8-9)13(17)16-11-6-1-2-7-15-11/h1-8H,(H2,14,18)(H,15,16,17). The van der Waals surface area contributed by atoms with E-state index < -0.39 is 0 Å². The van der Waals surface area contributed by atoms with Crippen LogP contribution in [0, 0.1) is 0 Å². The van der Waals surface area contributed by atoms with Crippen molar-refractivity contribution < 1.29 is 4.79 Å². The number of nitrogens with one attached hydrogen (secondary N) is 1. The molecule has 0 bridgehead atoms. The highest BCUT2D eigenvalue weighted by Crippen LogP contribution is 2.08. The summed E-state index contributed by atoms with van der Waals surface area (Å²) in [7, 11) is 0. The summed E-state index contributed by atoms with van der Waals surface area (Å²) in [4.78, 5) is 16.2. The number of carbonyl (C=O) groups is 1. The molecule has 1 aromatic carbocycles. The molecule has 0 aliphatic rings. The van der Waals surface area contributed by atoms with Gasteiger partial charge in [-0.1, -0.05) is 30.4 Å². The van der Waals surface area contributed by atoms with Gasteiger partial charge < -0.3 is 11.1 Å². The number of anilines is 1. The van der Waals surface area contributed by atoms with Crippen LogP contribution in [-0.2, 0) is 0 Å². The van der Waals surface area contributed by atoms with Gasteiger partial charge in [-0.05, 0) is 24.3 Å². The first-order valence-corrected chi connectivity index (χ1v) is 5.70. The van der Waals surface area contributed by atoms with Crippen LogP contribution in [0.5, 0.6) is 0 Å². The minimum atomic E-state index is -0.244. The SMILES string of the molecule is NC(=S)c1cccc(C(=O)Nc2ccccn2)c1. The molecule has 0 saturated heterocycles. The van der Waals surface area contributed by atoms with E-state index in [9.17, 15) is 4.79 Å². The van der Waals surface area contributed by atoms with Crippen LogP contribution in [0.25, 0.3) is 0 Å². The maximum Gasteiger partial charge on any atom is 0.256 e. The van der Waals surface area contributed by atoms with Gasteiger partial charge in [0.15, 0.2) is 0 Å². The molecule has 2 rings (SSSR count). The van der Waals surface area contributed by atoms with Gasteiger partial charge in [-0.2, -0.15) is 0 Å². The van der Waals surface area contributed by atoms with Crippen LogP contribution in [0.3, 0.4) is 0 Å². The van der Waals surface area contributed by atoms with Crippen molar-refractivity contribution in [3.8, 4) is 0 Å². The van der Waals surface area contributed by atoms with E-state index in [0.29, 0.717) is 16.9 Å². The Morgan fingerprint density at radius 1 is 1.17 bits per heavy atom. The number of thiocarbonyl (C=S) groups is 1. The Kier molecular flexibility index (Phi) is 3.64. The molecule has 4 nitrogen and oxygen atoms in total.